The highest BCUT2D eigenvalue weighted by Gasteiger charge is 2.30. The quantitative estimate of drug-likeness (QED) is 0.793. The van der Waals surface area contributed by atoms with Gasteiger partial charge >= 0.3 is 6.09 Å². The Morgan fingerprint density at radius 3 is 2.05 bits per heavy atom. The average molecular weight is 311 g/mol. The van der Waals surface area contributed by atoms with Gasteiger partial charge in [0, 0.05) is 39.3 Å². The molecule has 1 atom stereocenters. The summed E-state index contributed by atoms with van der Waals surface area (Å²) >= 11 is 0. The Kier molecular flexibility index (Phi) is 6.49. The number of hydrogen-bond acceptors (Lipinski definition) is 4. The van der Waals surface area contributed by atoms with Crippen LogP contribution in [0.15, 0.2) is 0 Å². The molecule has 2 rings (SSSR count). The third kappa shape index (κ3) is 4.35. The Morgan fingerprint density at radius 2 is 1.50 bits per heavy atom. The SMILES string of the molecule is CCOC(=O)N1CCN([C@@H](C)C(=O)N2CCCCCC2)CC1. The number of carbonyl (C=O) groups is 2. The molecule has 0 spiro atoms. The van der Waals surface area contributed by atoms with Crippen molar-refractivity contribution in [1.29, 1.82) is 0 Å². The van der Waals surface area contributed by atoms with Crippen molar-refractivity contribution in [2.45, 2.75) is 45.6 Å². The van der Waals surface area contributed by atoms with Crippen LogP contribution in [0.2, 0.25) is 0 Å². The van der Waals surface area contributed by atoms with Crippen LogP contribution in [0.1, 0.15) is 39.5 Å². The number of hydrogen-bond donors (Lipinski definition) is 0. The van der Waals surface area contributed by atoms with Crippen LogP contribution >= 0.6 is 0 Å². The molecule has 0 unspecified atom stereocenters. The third-order valence-corrected chi connectivity index (χ3v) is 4.66. The Balaban J connectivity index is 1.82. The van der Waals surface area contributed by atoms with Crippen molar-refractivity contribution < 1.29 is 14.3 Å². The molecule has 6 heteroatoms. The summed E-state index contributed by atoms with van der Waals surface area (Å²) < 4.78 is 5.03. The fourth-order valence-corrected chi connectivity index (χ4v) is 3.22. The zero-order valence-corrected chi connectivity index (χ0v) is 13.9. The van der Waals surface area contributed by atoms with Crippen molar-refractivity contribution in [1.82, 2.24) is 14.7 Å². The van der Waals surface area contributed by atoms with Crippen LogP contribution < -0.4 is 0 Å². The van der Waals surface area contributed by atoms with Crippen molar-refractivity contribution in [2.75, 3.05) is 45.9 Å². The lowest BCUT2D eigenvalue weighted by Crippen LogP contribution is -2.55. The third-order valence-electron chi connectivity index (χ3n) is 4.66. The Hall–Kier alpha value is -1.30. The molecule has 2 heterocycles. The lowest BCUT2D eigenvalue weighted by Gasteiger charge is -2.38. The van der Waals surface area contributed by atoms with E-state index >= 15 is 0 Å². The standard InChI is InChI=1S/C16H29N3O3/c1-3-22-16(21)19-12-10-17(11-13-19)14(2)15(20)18-8-6-4-5-7-9-18/h14H,3-13H2,1-2H3/t14-/m0/s1. The number of carbonyl (C=O) groups excluding carboxylic acids is 2. The molecule has 2 aliphatic rings. The molecular formula is C16H29N3O3. The zero-order valence-electron chi connectivity index (χ0n) is 13.9. The number of nitrogens with zero attached hydrogens (tertiary/aromatic N) is 3. The maximum Gasteiger partial charge on any atom is 0.409 e. The largest absolute Gasteiger partial charge is 0.450 e. The van der Waals surface area contributed by atoms with Crippen molar-refractivity contribution in [3.8, 4) is 0 Å². The molecule has 2 fully saturated rings. The van der Waals surface area contributed by atoms with E-state index in [0.717, 1.165) is 39.0 Å². The number of piperazine rings is 1. The second kappa shape index (κ2) is 8.36. The van der Waals surface area contributed by atoms with Gasteiger partial charge in [-0.3, -0.25) is 9.69 Å². The summed E-state index contributed by atoms with van der Waals surface area (Å²) in [5, 5.41) is 0. The van der Waals surface area contributed by atoms with Crippen molar-refractivity contribution in [2.24, 2.45) is 0 Å². The monoisotopic (exact) mass is 311 g/mol. The molecule has 0 N–H and O–H groups in total. The van der Waals surface area contributed by atoms with E-state index in [-0.39, 0.29) is 18.0 Å². The van der Waals surface area contributed by atoms with E-state index in [0.29, 0.717) is 19.7 Å². The molecule has 0 aliphatic carbocycles. The second-order valence-corrected chi connectivity index (χ2v) is 6.14. The average Bonchev–Trinajstić information content (AvgIpc) is 2.83. The minimum Gasteiger partial charge on any atom is -0.450 e. The highest BCUT2D eigenvalue weighted by atomic mass is 16.6. The van der Waals surface area contributed by atoms with Gasteiger partial charge < -0.3 is 14.5 Å². The van der Waals surface area contributed by atoms with Gasteiger partial charge in [-0.2, -0.15) is 0 Å². The summed E-state index contributed by atoms with van der Waals surface area (Å²) in [5.74, 6) is 0.242. The normalized spacial score (nSPS) is 22.1. The van der Waals surface area contributed by atoms with E-state index in [1.54, 1.807) is 4.90 Å². The van der Waals surface area contributed by atoms with Crippen molar-refractivity contribution in [3.05, 3.63) is 0 Å². The minimum absolute atomic E-state index is 0.0950. The molecule has 2 saturated heterocycles. The molecule has 0 saturated carbocycles. The van der Waals surface area contributed by atoms with Crippen LogP contribution in [0.4, 0.5) is 4.79 Å². The molecule has 22 heavy (non-hydrogen) atoms. The number of rotatable bonds is 3. The van der Waals surface area contributed by atoms with Gasteiger partial charge in [-0.05, 0) is 26.7 Å². The summed E-state index contributed by atoms with van der Waals surface area (Å²) in [4.78, 5) is 30.3. The van der Waals surface area contributed by atoms with Crippen LogP contribution in [0.3, 0.4) is 0 Å². The van der Waals surface area contributed by atoms with E-state index in [2.05, 4.69) is 4.90 Å². The molecule has 2 aliphatic heterocycles. The second-order valence-electron chi connectivity index (χ2n) is 6.14. The van der Waals surface area contributed by atoms with E-state index in [1.807, 2.05) is 18.7 Å². The zero-order chi connectivity index (χ0) is 15.9. The van der Waals surface area contributed by atoms with Gasteiger partial charge in [-0.15, -0.1) is 0 Å². The summed E-state index contributed by atoms with van der Waals surface area (Å²) in [5.41, 5.74) is 0. The van der Waals surface area contributed by atoms with Gasteiger partial charge in [0.05, 0.1) is 12.6 Å². The van der Waals surface area contributed by atoms with Gasteiger partial charge in [-0.1, -0.05) is 12.8 Å². The molecule has 0 aromatic carbocycles. The van der Waals surface area contributed by atoms with Crippen LogP contribution in [-0.4, -0.2) is 78.6 Å². The van der Waals surface area contributed by atoms with Gasteiger partial charge in [0.2, 0.25) is 5.91 Å². The maximum atomic E-state index is 12.6. The minimum atomic E-state index is -0.242. The first-order valence-corrected chi connectivity index (χ1v) is 8.58. The Morgan fingerprint density at radius 1 is 0.909 bits per heavy atom. The maximum absolute atomic E-state index is 12.6. The van der Waals surface area contributed by atoms with E-state index < -0.39 is 0 Å². The summed E-state index contributed by atoms with van der Waals surface area (Å²) in [6.07, 6.45) is 4.46. The fourth-order valence-electron chi connectivity index (χ4n) is 3.22. The predicted molar refractivity (Wildman–Crippen MR) is 84.7 cm³/mol. The van der Waals surface area contributed by atoms with Crippen LogP contribution in [0.25, 0.3) is 0 Å². The molecule has 0 bridgehead atoms. The highest BCUT2D eigenvalue weighted by molar-refractivity contribution is 5.81. The summed E-state index contributed by atoms with van der Waals surface area (Å²) in [7, 11) is 0. The number of ether oxygens (including phenoxy) is 1. The first-order valence-electron chi connectivity index (χ1n) is 8.58. The number of likely N-dealkylation sites (tertiary alicyclic amines) is 1. The molecule has 6 nitrogen and oxygen atoms in total. The smallest absolute Gasteiger partial charge is 0.409 e. The fraction of sp³-hybridized carbons (Fsp3) is 0.875. The number of amides is 2. The summed E-state index contributed by atoms with van der Waals surface area (Å²) in [6, 6.07) is -0.0950. The molecule has 2 amide bonds. The van der Waals surface area contributed by atoms with Crippen molar-refractivity contribution in [3.63, 3.8) is 0 Å². The first kappa shape index (κ1) is 17.1. The molecule has 0 aromatic heterocycles. The van der Waals surface area contributed by atoms with Crippen molar-refractivity contribution >= 4 is 12.0 Å². The van der Waals surface area contributed by atoms with Gasteiger partial charge in [0.25, 0.3) is 0 Å². The van der Waals surface area contributed by atoms with Crippen LogP contribution in [0.5, 0.6) is 0 Å². The van der Waals surface area contributed by atoms with Gasteiger partial charge in [-0.25, -0.2) is 4.79 Å². The highest BCUT2D eigenvalue weighted by Crippen LogP contribution is 2.14. The van der Waals surface area contributed by atoms with Crippen LogP contribution in [-0.2, 0) is 9.53 Å². The lowest BCUT2D eigenvalue weighted by molar-refractivity contribution is -0.137. The van der Waals surface area contributed by atoms with E-state index in [1.165, 1.54) is 12.8 Å². The summed E-state index contributed by atoms with van der Waals surface area (Å²) in [6.45, 7) is 8.75. The predicted octanol–water partition coefficient (Wildman–Crippen LogP) is 1.55. The topological polar surface area (TPSA) is 53.1 Å². The molecule has 0 aromatic rings. The Bertz CT molecular complexity index is 373. The molecular weight excluding hydrogens is 282 g/mol. The molecule has 0 radical (unpaired) electrons. The van der Waals surface area contributed by atoms with E-state index in [4.69, 9.17) is 4.74 Å². The lowest BCUT2D eigenvalue weighted by atomic mass is 10.2. The van der Waals surface area contributed by atoms with Gasteiger partial charge in [0.15, 0.2) is 0 Å². The Labute approximate surface area is 133 Å². The van der Waals surface area contributed by atoms with E-state index in [9.17, 15) is 9.59 Å². The van der Waals surface area contributed by atoms with Crippen LogP contribution in [0, 0.1) is 0 Å². The first-order chi connectivity index (χ1) is 10.6. The van der Waals surface area contributed by atoms with Gasteiger partial charge in [0.1, 0.15) is 0 Å². The molecule has 126 valence electrons.